The van der Waals surface area contributed by atoms with Gasteiger partial charge in [-0.15, -0.1) is 0 Å². The van der Waals surface area contributed by atoms with E-state index in [4.69, 9.17) is 34.1 Å². The van der Waals surface area contributed by atoms with E-state index < -0.39 is 48.2 Å². The second kappa shape index (κ2) is 26.4. The smallest absolute Gasteiger partial charge is 0.242 e. The number of amidine groups is 1. The second-order valence-electron chi connectivity index (χ2n) is 13.4. The average molecular weight is 719 g/mol. The summed E-state index contributed by atoms with van der Waals surface area (Å²) >= 11 is 0. The van der Waals surface area contributed by atoms with Gasteiger partial charge in [-0.2, -0.15) is 0 Å². The van der Waals surface area contributed by atoms with Gasteiger partial charge in [0.25, 0.3) is 0 Å². The van der Waals surface area contributed by atoms with Crippen molar-refractivity contribution in [1.82, 2.24) is 32.1 Å². The fourth-order valence-electron chi connectivity index (χ4n) is 5.35. The minimum atomic E-state index is -0.889. The summed E-state index contributed by atoms with van der Waals surface area (Å²) in [7, 11) is 0. The molecule has 1 aromatic rings. The molecule has 0 aliphatic carbocycles. The normalized spacial score (nSPS) is 13.3. The Balaban J connectivity index is 2.96. The molecule has 0 aliphatic rings. The number of nitrogen functional groups attached to an aromatic ring is 1. The van der Waals surface area contributed by atoms with Crippen molar-refractivity contribution >= 4 is 29.2 Å². The zero-order valence-corrected chi connectivity index (χ0v) is 30.9. The van der Waals surface area contributed by atoms with Gasteiger partial charge < -0.3 is 39.3 Å². The van der Waals surface area contributed by atoms with E-state index in [-0.39, 0.29) is 30.6 Å². The van der Waals surface area contributed by atoms with Crippen molar-refractivity contribution in [3.63, 3.8) is 0 Å². The summed E-state index contributed by atoms with van der Waals surface area (Å²) in [5, 5.41) is 19.1. The van der Waals surface area contributed by atoms with Crippen LogP contribution in [0.1, 0.15) is 109 Å². The van der Waals surface area contributed by atoms with Gasteiger partial charge in [-0.25, -0.2) is 10.9 Å². The van der Waals surface area contributed by atoms with E-state index in [1.165, 1.54) is 19.3 Å². The zero-order valence-electron chi connectivity index (χ0n) is 30.9. The first-order valence-corrected chi connectivity index (χ1v) is 18.3. The van der Waals surface area contributed by atoms with E-state index in [2.05, 4.69) is 39.0 Å². The molecule has 2 amide bonds. The largest absolute Gasteiger partial charge is 0.384 e. The number of nitrogens with one attached hydrogen (secondary N) is 7. The van der Waals surface area contributed by atoms with Gasteiger partial charge in [0, 0.05) is 18.5 Å². The molecule has 16 heteroatoms. The lowest BCUT2D eigenvalue weighted by atomic mass is 9.99. The highest BCUT2D eigenvalue weighted by atomic mass is 16.2. The molecule has 1 rings (SSSR count). The van der Waals surface area contributed by atoms with Crippen LogP contribution in [0.4, 0.5) is 0 Å². The number of benzene rings is 1. The van der Waals surface area contributed by atoms with Crippen LogP contribution in [0.25, 0.3) is 0 Å². The molecule has 0 unspecified atom stereocenters. The minimum Gasteiger partial charge on any atom is -0.384 e. The summed E-state index contributed by atoms with van der Waals surface area (Å²) < 4.78 is 0. The van der Waals surface area contributed by atoms with E-state index in [9.17, 15) is 19.2 Å². The Morgan fingerprint density at radius 1 is 0.725 bits per heavy atom. The van der Waals surface area contributed by atoms with Crippen molar-refractivity contribution < 1.29 is 19.2 Å². The second-order valence-corrected chi connectivity index (χ2v) is 13.4. The van der Waals surface area contributed by atoms with Gasteiger partial charge in [-0.3, -0.25) is 35.2 Å². The number of hydrogen-bond acceptors (Lipinski definition) is 13. The Labute approximate surface area is 303 Å². The summed E-state index contributed by atoms with van der Waals surface area (Å²) in [5.74, 6) is -2.15. The number of Topliss-reactive ketones (excluding diaryl/α,β-unsaturated/α-hetero) is 2. The van der Waals surface area contributed by atoms with Crippen molar-refractivity contribution in [1.29, 1.82) is 5.41 Å². The van der Waals surface area contributed by atoms with Gasteiger partial charge in [0.15, 0.2) is 5.78 Å². The van der Waals surface area contributed by atoms with E-state index in [0.717, 1.165) is 24.8 Å². The molecular formula is C35H66N12O4. The summed E-state index contributed by atoms with van der Waals surface area (Å²) in [6.07, 6.45) is 7.57. The number of hydrazine groups is 1. The Kier molecular flexibility index (Phi) is 23.7. The fraction of sp³-hybridized carbons (Fsp3) is 0.686. The van der Waals surface area contributed by atoms with E-state index in [1.807, 2.05) is 13.8 Å². The SMILES string of the molecule is CCCCCCCCCC(=O)C(=O)[C@H](CCCNC(N)N)NN[C@H](C(=O)N[C@@H](CCCNC(N)N)C(=O)NCc1ccc(C(=N)N)cc1)C(C)C. The van der Waals surface area contributed by atoms with Gasteiger partial charge in [0.1, 0.15) is 30.5 Å². The number of carbonyl (C=O) groups excluding carboxylic acids is 4. The molecule has 0 spiro atoms. The maximum Gasteiger partial charge on any atom is 0.242 e. The molecule has 290 valence electrons. The first kappa shape index (κ1) is 45.7. The van der Waals surface area contributed by atoms with Crippen molar-refractivity contribution in [3.05, 3.63) is 35.4 Å². The highest BCUT2D eigenvalue weighted by Crippen LogP contribution is 2.11. The maximum absolute atomic E-state index is 13.7. The molecule has 0 fully saturated rings. The Hall–Kier alpha value is -3.35. The van der Waals surface area contributed by atoms with Gasteiger partial charge in [-0.1, -0.05) is 83.6 Å². The third kappa shape index (κ3) is 20.3. The fourth-order valence-corrected chi connectivity index (χ4v) is 5.35. The van der Waals surface area contributed by atoms with Crippen molar-refractivity contribution in [2.45, 2.75) is 135 Å². The van der Waals surface area contributed by atoms with Crippen LogP contribution in [-0.2, 0) is 25.7 Å². The topological polar surface area (TPSA) is 294 Å². The van der Waals surface area contributed by atoms with Crippen molar-refractivity contribution in [2.75, 3.05) is 13.1 Å². The number of ketones is 2. The predicted octanol–water partition coefficient (Wildman–Crippen LogP) is -0.0204. The monoisotopic (exact) mass is 719 g/mol. The number of carbonyl (C=O) groups is 4. The van der Waals surface area contributed by atoms with Gasteiger partial charge in [0.05, 0.1) is 6.04 Å². The van der Waals surface area contributed by atoms with Gasteiger partial charge >= 0.3 is 0 Å². The van der Waals surface area contributed by atoms with Gasteiger partial charge in [0.2, 0.25) is 17.6 Å². The molecule has 1 aromatic carbocycles. The molecule has 0 radical (unpaired) electrons. The Morgan fingerprint density at radius 2 is 1.27 bits per heavy atom. The minimum absolute atomic E-state index is 0.0545. The van der Waals surface area contributed by atoms with Crippen LogP contribution in [0.2, 0.25) is 0 Å². The molecule has 0 bridgehead atoms. The lowest BCUT2D eigenvalue weighted by Crippen LogP contribution is -2.60. The number of nitrogens with two attached hydrogens (primary N) is 5. The molecule has 0 aromatic heterocycles. The summed E-state index contributed by atoms with van der Waals surface area (Å²) in [6.45, 7) is 6.89. The first-order valence-electron chi connectivity index (χ1n) is 18.3. The molecule has 51 heavy (non-hydrogen) atoms. The zero-order chi connectivity index (χ0) is 38.2. The van der Waals surface area contributed by atoms with E-state index in [0.29, 0.717) is 50.8 Å². The van der Waals surface area contributed by atoms with Crippen LogP contribution in [0.5, 0.6) is 0 Å². The highest BCUT2D eigenvalue weighted by Gasteiger charge is 2.30. The van der Waals surface area contributed by atoms with Crippen LogP contribution in [0.3, 0.4) is 0 Å². The van der Waals surface area contributed by atoms with Crippen molar-refractivity contribution in [3.8, 4) is 0 Å². The summed E-state index contributed by atoms with van der Waals surface area (Å²) in [4.78, 5) is 53.3. The molecule has 0 heterocycles. The van der Waals surface area contributed by atoms with Crippen LogP contribution >= 0.6 is 0 Å². The maximum atomic E-state index is 13.7. The molecule has 17 N–H and O–H groups in total. The highest BCUT2D eigenvalue weighted by molar-refractivity contribution is 6.39. The van der Waals surface area contributed by atoms with Gasteiger partial charge in [-0.05, 0) is 56.7 Å². The molecule has 0 aliphatic heterocycles. The quantitative estimate of drug-likeness (QED) is 0.0125. The Bertz CT molecular complexity index is 1180. The number of hydrogen-bond donors (Lipinski definition) is 12. The van der Waals surface area contributed by atoms with E-state index >= 15 is 0 Å². The Morgan fingerprint density at radius 3 is 1.80 bits per heavy atom. The summed E-state index contributed by atoms with van der Waals surface area (Å²) in [5.41, 5.74) is 35.2. The summed E-state index contributed by atoms with van der Waals surface area (Å²) in [6, 6.07) is 4.30. The number of amides is 2. The van der Waals surface area contributed by atoms with Crippen LogP contribution in [-0.4, -0.2) is 73.0 Å². The lowest BCUT2D eigenvalue weighted by Gasteiger charge is -2.27. The van der Waals surface area contributed by atoms with Crippen LogP contribution in [0, 0.1) is 11.3 Å². The number of rotatable bonds is 30. The van der Waals surface area contributed by atoms with Crippen LogP contribution in [0.15, 0.2) is 24.3 Å². The molecule has 0 saturated carbocycles. The molecular weight excluding hydrogens is 652 g/mol. The number of unbranched alkanes of at least 4 members (excludes halogenated alkanes) is 6. The lowest BCUT2D eigenvalue weighted by molar-refractivity contribution is -0.138. The first-order chi connectivity index (χ1) is 24.3. The van der Waals surface area contributed by atoms with Crippen molar-refractivity contribution in [2.24, 2.45) is 34.6 Å². The third-order valence-electron chi connectivity index (χ3n) is 8.42. The molecule has 3 atom stereocenters. The standard InChI is InChI=1S/C35H66N12O4/c1-4-5-6-7-8-9-10-15-28(48)30(49)26(13-11-20-42-34(38)39)46-47-29(23(2)3)33(51)45-27(14-12-21-43-35(40)41)32(50)44-22-24-16-18-25(19-17-24)31(36)37/h16-19,23,26-27,29,34-35,42-43,46-47H,4-15,20-22,38-41H2,1-3H3,(H3,36,37)(H,44,50)(H,45,51)/t26-,27-,29-/m0/s1. The molecule has 16 nitrogen and oxygen atoms in total. The third-order valence-corrected chi connectivity index (χ3v) is 8.42. The predicted molar refractivity (Wildman–Crippen MR) is 201 cm³/mol. The van der Waals surface area contributed by atoms with E-state index in [1.54, 1.807) is 24.3 Å². The van der Waals surface area contributed by atoms with Crippen LogP contribution < -0.4 is 60.8 Å². The molecule has 0 saturated heterocycles. The average Bonchev–Trinajstić information content (AvgIpc) is 3.08.